The Balaban J connectivity index is 1.66. The van der Waals surface area contributed by atoms with Gasteiger partial charge in [0.25, 0.3) is 0 Å². The predicted octanol–water partition coefficient (Wildman–Crippen LogP) is 4.66. The van der Waals surface area contributed by atoms with Gasteiger partial charge in [-0.3, -0.25) is 0 Å². The molecule has 1 N–H and O–H groups in total. The van der Waals surface area contributed by atoms with E-state index < -0.39 is 0 Å². The highest BCUT2D eigenvalue weighted by Gasteiger charge is 2.14. The van der Waals surface area contributed by atoms with E-state index in [0.29, 0.717) is 23.1 Å². The van der Waals surface area contributed by atoms with Crippen molar-refractivity contribution < 1.29 is 18.6 Å². The Bertz CT molecular complexity index is 1100. The summed E-state index contributed by atoms with van der Waals surface area (Å²) in [5.74, 6) is 2.30. The van der Waals surface area contributed by atoms with Crippen molar-refractivity contribution in [3.8, 4) is 28.5 Å². The first-order valence-corrected chi connectivity index (χ1v) is 8.58. The number of fused-ring (bicyclic) bond motifs is 1. The van der Waals surface area contributed by atoms with Gasteiger partial charge in [-0.05, 0) is 24.3 Å². The fourth-order valence-electron chi connectivity index (χ4n) is 3.01. The maximum absolute atomic E-state index is 5.40. The Hall–Kier alpha value is -3.74. The van der Waals surface area contributed by atoms with Crippen LogP contribution in [0.15, 0.2) is 59.5 Å². The molecule has 0 atom stereocenters. The van der Waals surface area contributed by atoms with Crippen LogP contribution >= 0.6 is 0 Å². The average molecular weight is 377 g/mol. The summed E-state index contributed by atoms with van der Waals surface area (Å²) in [5.41, 5.74) is 3.37. The van der Waals surface area contributed by atoms with Crippen molar-refractivity contribution in [3.05, 3.63) is 55.1 Å². The molecular formula is C21H19N3O4. The lowest BCUT2D eigenvalue weighted by molar-refractivity contribution is 0.324. The van der Waals surface area contributed by atoms with Crippen molar-refractivity contribution in [1.82, 2.24) is 9.97 Å². The number of hydrogen-bond acceptors (Lipinski definition) is 7. The zero-order chi connectivity index (χ0) is 19.5. The summed E-state index contributed by atoms with van der Waals surface area (Å²) < 4.78 is 21.5. The smallest absolute Gasteiger partial charge is 0.203 e. The van der Waals surface area contributed by atoms with Crippen LogP contribution in [-0.2, 0) is 0 Å². The molecule has 0 saturated carbocycles. The van der Waals surface area contributed by atoms with Crippen LogP contribution in [-0.4, -0.2) is 31.3 Å². The van der Waals surface area contributed by atoms with E-state index in [1.165, 1.54) is 6.33 Å². The lowest BCUT2D eigenvalue weighted by Crippen LogP contribution is -1.99. The van der Waals surface area contributed by atoms with Crippen molar-refractivity contribution >= 4 is 22.5 Å². The van der Waals surface area contributed by atoms with Gasteiger partial charge >= 0.3 is 0 Å². The third-order valence-electron chi connectivity index (χ3n) is 4.35. The number of furan rings is 1. The molecule has 2 aromatic heterocycles. The fraction of sp³-hybridized carbons (Fsp3) is 0.143. The molecule has 0 fully saturated rings. The van der Waals surface area contributed by atoms with E-state index in [9.17, 15) is 0 Å². The summed E-state index contributed by atoms with van der Waals surface area (Å²) in [6, 6.07) is 13.4. The number of rotatable bonds is 6. The number of benzene rings is 2. The Labute approximate surface area is 161 Å². The number of nitrogens with one attached hydrogen (secondary N) is 1. The molecule has 7 nitrogen and oxygen atoms in total. The molecule has 2 aromatic carbocycles. The second-order valence-electron chi connectivity index (χ2n) is 6.00. The van der Waals surface area contributed by atoms with Crippen LogP contribution < -0.4 is 19.5 Å². The van der Waals surface area contributed by atoms with Crippen LogP contribution in [0.4, 0.5) is 11.5 Å². The molecule has 2 heterocycles. The van der Waals surface area contributed by atoms with Gasteiger partial charge < -0.3 is 23.9 Å². The molecule has 0 aliphatic heterocycles. The molecule has 0 amide bonds. The number of aromatic nitrogens is 2. The Morgan fingerprint density at radius 2 is 1.64 bits per heavy atom. The zero-order valence-corrected chi connectivity index (χ0v) is 15.7. The number of ether oxygens (including phenoxy) is 3. The minimum Gasteiger partial charge on any atom is -0.493 e. The Morgan fingerprint density at radius 1 is 0.857 bits per heavy atom. The average Bonchev–Trinajstić information content (AvgIpc) is 3.21. The monoisotopic (exact) mass is 377 g/mol. The van der Waals surface area contributed by atoms with Gasteiger partial charge in [-0.25, -0.2) is 9.97 Å². The van der Waals surface area contributed by atoms with Crippen LogP contribution in [0.5, 0.6) is 17.2 Å². The molecule has 0 aliphatic carbocycles. The zero-order valence-electron chi connectivity index (χ0n) is 15.7. The number of hydrogen-bond donors (Lipinski definition) is 1. The minimum absolute atomic E-state index is 0.535. The number of anilines is 2. The molecule has 142 valence electrons. The minimum atomic E-state index is 0.535. The highest BCUT2D eigenvalue weighted by molar-refractivity contribution is 5.83. The number of methoxy groups -OCH3 is 3. The lowest BCUT2D eigenvalue weighted by Gasteiger charge is -2.15. The quantitative estimate of drug-likeness (QED) is 0.523. The second kappa shape index (κ2) is 7.48. The lowest BCUT2D eigenvalue weighted by atomic mass is 10.1. The van der Waals surface area contributed by atoms with Gasteiger partial charge in [-0.2, -0.15) is 0 Å². The van der Waals surface area contributed by atoms with E-state index in [1.54, 1.807) is 27.6 Å². The van der Waals surface area contributed by atoms with Gasteiger partial charge in [0, 0.05) is 34.8 Å². The highest BCUT2D eigenvalue weighted by atomic mass is 16.5. The molecule has 4 aromatic rings. The molecule has 0 saturated heterocycles. The van der Waals surface area contributed by atoms with Crippen LogP contribution in [0.2, 0.25) is 0 Å². The Kier molecular flexibility index (Phi) is 4.72. The molecule has 7 heteroatoms. The second-order valence-corrected chi connectivity index (χ2v) is 6.00. The van der Waals surface area contributed by atoms with Gasteiger partial charge in [0.2, 0.25) is 5.75 Å². The summed E-state index contributed by atoms with van der Waals surface area (Å²) in [7, 11) is 4.73. The molecule has 0 spiro atoms. The third kappa shape index (κ3) is 3.29. The molecule has 28 heavy (non-hydrogen) atoms. The van der Waals surface area contributed by atoms with Crippen molar-refractivity contribution in [1.29, 1.82) is 0 Å². The van der Waals surface area contributed by atoms with Gasteiger partial charge in [0.05, 0.1) is 33.3 Å². The topological polar surface area (TPSA) is 78.6 Å². The van der Waals surface area contributed by atoms with Crippen LogP contribution in [0.1, 0.15) is 0 Å². The van der Waals surface area contributed by atoms with E-state index in [1.807, 2.05) is 42.5 Å². The molecular weight excluding hydrogens is 358 g/mol. The van der Waals surface area contributed by atoms with Crippen molar-refractivity contribution in [2.45, 2.75) is 0 Å². The van der Waals surface area contributed by atoms with Crippen molar-refractivity contribution in [3.63, 3.8) is 0 Å². The standard InChI is InChI=1S/C21H19N3O4/c1-25-18-9-15(10-19(26-2)21(18)27-3)24-20-11-16(22-12-23-20)13-4-5-17-14(8-13)6-7-28-17/h4-12H,1-3H3,(H,22,23,24). The maximum atomic E-state index is 5.40. The maximum Gasteiger partial charge on any atom is 0.203 e. The SMILES string of the molecule is COc1cc(Nc2cc(-c3ccc4occc4c3)ncn2)cc(OC)c1OC. The normalized spacial score (nSPS) is 10.7. The molecule has 4 rings (SSSR count). The van der Waals surface area contributed by atoms with Gasteiger partial charge in [0.1, 0.15) is 17.7 Å². The molecule has 0 aliphatic rings. The highest BCUT2D eigenvalue weighted by Crippen LogP contribution is 2.40. The predicted molar refractivity (Wildman–Crippen MR) is 107 cm³/mol. The van der Waals surface area contributed by atoms with E-state index in [2.05, 4.69) is 15.3 Å². The first-order valence-electron chi connectivity index (χ1n) is 8.58. The third-order valence-corrected chi connectivity index (χ3v) is 4.35. The van der Waals surface area contributed by atoms with Gasteiger partial charge in [-0.15, -0.1) is 0 Å². The van der Waals surface area contributed by atoms with E-state index >= 15 is 0 Å². The molecule has 0 unspecified atom stereocenters. The van der Waals surface area contributed by atoms with E-state index in [4.69, 9.17) is 18.6 Å². The Morgan fingerprint density at radius 3 is 2.36 bits per heavy atom. The van der Waals surface area contributed by atoms with Crippen molar-refractivity contribution in [2.24, 2.45) is 0 Å². The van der Waals surface area contributed by atoms with Gasteiger partial charge in [-0.1, -0.05) is 0 Å². The summed E-state index contributed by atoms with van der Waals surface area (Å²) >= 11 is 0. The van der Waals surface area contributed by atoms with Crippen LogP contribution in [0, 0.1) is 0 Å². The summed E-state index contributed by atoms with van der Waals surface area (Å²) in [4.78, 5) is 8.70. The summed E-state index contributed by atoms with van der Waals surface area (Å²) in [5, 5.41) is 4.29. The first-order chi connectivity index (χ1) is 13.7. The summed E-state index contributed by atoms with van der Waals surface area (Å²) in [6.45, 7) is 0. The van der Waals surface area contributed by atoms with Crippen LogP contribution in [0.3, 0.4) is 0 Å². The molecule has 0 radical (unpaired) electrons. The van der Waals surface area contributed by atoms with Crippen molar-refractivity contribution in [2.75, 3.05) is 26.6 Å². The fourth-order valence-corrected chi connectivity index (χ4v) is 3.01. The van der Waals surface area contributed by atoms with Gasteiger partial charge in [0.15, 0.2) is 11.5 Å². The van der Waals surface area contributed by atoms with E-state index in [-0.39, 0.29) is 0 Å². The summed E-state index contributed by atoms with van der Waals surface area (Å²) in [6.07, 6.45) is 3.20. The number of nitrogens with zero attached hydrogens (tertiary/aromatic N) is 2. The molecule has 0 bridgehead atoms. The van der Waals surface area contributed by atoms with E-state index in [0.717, 1.165) is 27.9 Å². The largest absolute Gasteiger partial charge is 0.493 e. The van der Waals surface area contributed by atoms with Crippen LogP contribution in [0.25, 0.3) is 22.2 Å². The first kappa shape index (κ1) is 17.7.